The van der Waals surface area contributed by atoms with Gasteiger partial charge in [0.25, 0.3) is 0 Å². The fourth-order valence-electron chi connectivity index (χ4n) is 3.30. The Morgan fingerprint density at radius 3 is 2.52 bits per heavy atom. The van der Waals surface area contributed by atoms with Gasteiger partial charge in [-0.1, -0.05) is 30.3 Å². The second kappa shape index (κ2) is 14.4. The first-order valence-electron chi connectivity index (χ1n) is 11.8. The summed E-state index contributed by atoms with van der Waals surface area (Å²) in [6.45, 7) is 0.364. The van der Waals surface area contributed by atoms with Crippen molar-refractivity contribution in [2.45, 2.75) is 19.1 Å². The molecule has 0 saturated heterocycles. The topological polar surface area (TPSA) is 139 Å². The molecule has 14 heteroatoms. The van der Waals surface area contributed by atoms with Gasteiger partial charge in [-0.3, -0.25) is 0 Å². The molecule has 0 saturated carbocycles. The Kier molecular flexibility index (Phi) is 11.0. The van der Waals surface area contributed by atoms with Crippen molar-refractivity contribution in [3.05, 3.63) is 76.2 Å². The molecular weight excluding hydrogens is 557 g/mol. The number of thiophene rings is 1. The molecule has 216 valence electrons. The number of aliphatic hydroxyl groups is 1. The van der Waals surface area contributed by atoms with Crippen molar-refractivity contribution in [2.75, 3.05) is 39.2 Å². The number of amides is 1. The quantitative estimate of drug-likeness (QED) is 0.150. The van der Waals surface area contributed by atoms with E-state index in [4.69, 9.17) is 24.7 Å². The van der Waals surface area contributed by atoms with Crippen molar-refractivity contribution in [1.29, 1.82) is 0 Å². The van der Waals surface area contributed by atoms with Crippen LogP contribution < -0.4 is 20.5 Å². The third-order valence-electron chi connectivity index (χ3n) is 5.15. The molecule has 0 fully saturated rings. The predicted octanol–water partition coefficient (Wildman–Crippen LogP) is 4.53. The Morgan fingerprint density at radius 2 is 1.82 bits per heavy atom. The summed E-state index contributed by atoms with van der Waals surface area (Å²) in [4.78, 5) is 23.4. The van der Waals surface area contributed by atoms with Gasteiger partial charge in [0.05, 0.1) is 30.9 Å². The molecule has 2 aromatic carbocycles. The number of esters is 1. The number of rotatable bonds is 13. The monoisotopic (exact) mass is 584 g/mol. The summed E-state index contributed by atoms with van der Waals surface area (Å²) in [7, 11) is 1.12. The summed E-state index contributed by atoms with van der Waals surface area (Å²) in [5, 5.41) is 13.1. The van der Waals surface area contributed by atoms with E-state index in [9.17, 15) is 27.9 Å². The van der Waals surface area contributed by atoms with Gasteiger partial charge in [0.15, 0.2) is 10.6 Å². The highest BCUT2D eigenvalue weighted by Crippen LogP contribution is 2.39. The molecule has 1 amide bonds. The van der Waals surface area contributed by atoms with E-state index in [2.05, 4.69) is 10.1 Å². The molecule has 0 aliphatic carbocycles. The number of halogens is 3. The first-order chi connectivity index (χ1) is 19.1. The molecule has 1 heterocycles. The van der Waals surface area contributed by atoms with E-state index < -0.39 is 35.7 Å². The predicted molar refractivity (Wildman–Crippen MR) is 138 cm³/mol. The Bertz CT molecular complexity index is 1270. The molecule has 0 aliphatic heterocycles. The van der Waals surface area contributed by atoms with Crippen molar-refractivity contribution in [3.63, 3.8) is 0 Å². The highest BCUT2D eigenvalue weighted by Gasteiger charge is 2.36. The number of benzene rings is 2. The standard InChI is InChI=1S/C26H27F3N2O8S/c1-35-24(33)22-20(14-21(30)40-22)39-23(32)18-8-7-17(13-19(18)26(27,28)29)37-12-11-36-10-9-31-25(34)38-15-16-5-3-2-4-6-16/h2-8,13-14,23,32H,9-12,15,30H2,1H3,(H,31,34). The van der Waals surface area contributed by atoms with Crippen LogP contribution in [0, 0.1) is 0 Å². The van der Waals surface area contributed by atoms with Crippen molar-refractivity contribution >= 4 is 28.4 Å². The SMILES string of the molecule is COC(=O)c1sc(N)cc1OC(O)c1ccc(OCCOCCNC(=O)OCc2ccccc2)cc1C(F)(F)F. The summed E-state index contributed by atoms with van der Waals surface area (Å²) in [6, 6.07) is 13.3. The van der Waals surface area contributed by atoms with Crippen molar-refractivity contribution in [1.82, 2.24) is 5.32 Å². The van der Waals surface area contributed by atoms with Crippen molar-refractivity contribution in [3.8, 4) is 11.5 Å². The lowest BCUT2D eigenvalue weighted by atomic mass is 10.1. The molecule has 3 aromatic rings. The number of nitrogen functional groups attached to an aromatic ring is 1. The summed E-state index contributed by atoms with van der Waals surface area (Å²) >= 11 is 0.801. The van der Waals surface area contributed by atoms with Crippen LogP contribution in [0.4, 0.5) is 23.0 Å². The van der Waals surface area contributed by atoms with Gasteiger partial charge in [-0.25, -0.2) is 9.59 Å². The summed E-state index contributed by atoms with van der Waals surface area (Å²) in [5.41, 5.74) is 4.71. The van der Waals surface area contributed by atoms with Crippen LogP contribution in [0.1, 0.15) is 32.7 Å². The Balaban J connectivity index is 1.47. The van der Waals surface area contributed by atoms with Crippen LogP contribution in [0.15, 0.2) is 54.6 Å². The maximum Gasteiger partial charge on any atom is 0.417 e. The number of hydrogen-bond acceptors (Lipinski definition) is 10. The summed E-state index contributed by atoms with van der Waals surface area (Å²) in [5.74, 6) is -1.15. The van der Waals surface area contributed by atoms with Crippen LogP contribution in [0.25, 0.3) is 0 Å². The van der Waals surface area contributed by atoms with Crippen LogP contribution in [0.5, 0.6) is 11.5 Å². The van der Waals surface area contributed by atoms with Gasteiger partial charge >= 0.3 is 18.2 Å². The molecule has 0 radical (unpaired) electrons. The zero-order valence-corrected chi connectivity index (χ0v) is 22.0. The van der Waals surface area contributed by atoms with Gasteiger partial charge in [-0.05, 0) is 23.8 Å². The van der Waals surface area contributed by atoms with Gasteiger partial charge in [-0.2, -0.15) is 13.2 Å². The largest absolute Gasteiger partial charge is 0.491 e. The molecule has 1 unspecified atom stereocenters. The Labute approximate surface area is 231 Å². The number of alkyl halides is 3. The zero-order chi connectivity index (χ0) is 29.1. The van der Waals surface area contributed by atoms with Gasteiger partial charge in [0.2, 0.25) is 6.29 Å². The van der Waals surface area contributed by atoms with E-state index in [1.165, 1.54) is 12.1 Å². The van der Waals surface area contributed by atoms with Crippen LogP contribution in [0.3, 0.4) is 0 Å². The van der Waals surface area contributed by atoms with E-state index in [0.717, 1.165) is 36.1 Å². The molecule has 40 heavy (non-hydrogen) atoms. The number of nitrogens with one attached hydrogen (secondary N) is 1. The molecule has 10 nitrogen and oxygen atoms in total. The first-order valence-corrected chi connectivity index (χ1v) is 12.6. The molecule has 4 N–H and O–H groups in total. The lowest BCUT2D eigenvalue weighted by Crippen LogP contribution is -2.28. The number of alkyl carbamates (subject to hydrolysis) is 1. The maximum absolute atomic E-state index is 13.8. The number of carbonyl (C=O) groups excluding carboxylic acids is 2. The minimum atomic E-state index is -4.85. The lowest BCUT2D eigenvalue weighted by molar-refractivity contribution is -0.141. The number of nitrogens with two attached hydrogens (primary N) is 1. The van der Waals surface area contributed by atoms with Gasteiger partial charge in [-0.15, -0.1) is 11.3 Å². The summed E-state index contributed by atoms with van der Waals surface area (Å²) < 4.78 is 66.8. The van der Waals surface area contributed by atoms with Crippen LogP contribution in [-0.4, -0.2) is 50.6 Å². The van der Waals surface area contributed by atoms with Crippen LogP contribution in [-0.2, 0) is 27.0 Å². The molecule has 3 rings (SSSR count). The third kappa shape index (κ3) is 9.03. The summed E-state index contributed by atoms with van der Waals surface area (Å²) in [6.07, 6.45) is -7.54. The van der Waals surface area contributed by atoms with Crippen LogP contribution in [0.2, 0.25) is 0 Å². The smallest absolute Gasteiger partial charge is 0.417 e. The Morgan fingerprint density at radius 1 is 1.07 bits per heavy atom. The normalized spacial score (nSPS) is 11.9. The first kappa shape index (κ1) is 30.5. The van der Waals surface area contributed by atoms with Gasteiger partial charge in [0, 0.05) is 18.2 Å². The third-order valence-corrected chi connectivity index (χ3v) is 6.07. The molecule has 0 spiro atoms. The Hall–Kier alpha value is -4.01. The second-order valence-corrected chi connectivity index (χ2v) is 9.08. The number of methoxy groups -OCH3 is 1. The van der Waals surface area contributed by atoms with E-state index in [-0.39, 0.29) is 54.3 Å². The molecule has 0 bridgehead atoms. The average Bonchev–Trinajstić information content (AvgIpc) is 3.30. The minimum Gasteiger partial charge on any atom is -0.491 e. The second-order valence-electron chi connectivity index (χ2n) is 8.00. The molecule has 1 aromatic heterocycles. The molecular formula is C26H27F3N2O8S. The van der Waals surface area contributed by atoms with E-state index in [1.54, 1.807) is 0 Å². The number of anilines is 1. The molecule has 0 aliphatic rings. The lowest BCUT2D eigenvalue weighted by Gasteiger charge is -2.19. The number of carbonyl (C=O) groups is 2. The minimum absolute atomic E-state index is 0.0332. The number of hydrogen-bond donors (Lipinski definition) is 3. The highest BCUT2D eigenvalue weighted by molar-refractivity contribution is 7.18. The van der Waals surface area contributed by atoms with Gasteiger partial charge in [0.1, 0.15) is 19.0 Å². The van der Waals surface area contributed by atoms with Gasteiger partial charge < -0.3 is 39.8 Å². The van der Waals surface area contributed by atoms with E-state index >= 15 is 0 Å². The van der Waals surface area contributed by atoms with Crippen molar-refractivity contribution < 1.29 is 51.6 Å². The fraction of sp³-hybridized carbons (Fsp3) is 0.308. The van der Waals surface area contributed by atoms with Crippen molar-refractivity contribution in [2.24, 2.45) is 0 Å². The fourth-order valence-corrected chi connectivity index (χ4v) is 4.08. The maximum atomic E-state index is 13.8. The average molecular weight is 585 g/mol. The molecule has 1 atom stereocenters. The van der Waals surface area contributed by atoms with E-state index in [0.29, 0.717) is 0 Å². The highest BCUT2D eigenvalue weighted by atomic mass is 32.1. The number of aliphatic hydroxyl groups excluding tert-OH is 1. The van der Waals surface area contributed by atoms with Crippen LogP contribution >= 0.6 is 11.3 Å². The zero-order valence-electron chi connectivity index (χ0n) is 21.2. The van der Waals surface area contributed by atoms with E-state index in [1.807, 2.05) is 30.3 Å². The number of ether oxygens (including phenoxy) is 5.